The molecule has 9 heteroatoms. The van der Waals surface area contributed by atoms with Crippen molar-refractivity contribution in [3.63, 3.8) is 0 Å². The number of methoxy groups -OCH3 is 1. The summed E-state index contributed by atoms with van der Waals surface area (Å²) in [5.41, 5.74) is -0.806. The Hall–Kier alpha value is -2.97. The van der Waals surface area contributed by atoms with E-state index in [1.807, 2.05) is 0 Å². The minimum atomic E-state index is -1.18. The fourth-order valence-corrected chi connectivity index (χ4v) is 2.00. The summed E-state index contributed by atoms with van der Waals surface area (Å²) >= 11 is 0. The molecular formula is C16H20N2O7. The molecular weight excluding hydrogens is 332 g/mol. The van der Waals surface area contributed by atoms with Gasteiger partial charge in [0, 0.05) is 23.6 Å². The van der Waals surface area contributed by atoms with Gasteiger partial charge in [0.15, 0.2) is 0 Å². The highest BCUT2D eigenvalue weighted by Gasteiger charge is 2.28. The van der Waals surface area contributed by atoms with Crippen molar-refractivity contribution in [2.75, 3.05) is 7.11 Å². The van der Waals surface area contributed by atoms with Crippen molar-refractivity contribution >= 4 is 24.0 Å². The van der Waals surface area contributed by atoms with Crippen LogP contribution in [0.15, 0.2) is 18.2 Å². The number of alkyl carbamates (subject to hydrolysis) is 1. The van der Waals surface area contributed by atoms with Crippen molar-refractivity contribution in [3.8, 4) is 0 Å². The van der Waals surface area contributed by atoms with Crippen LogP contribution in [-0.4, -0.2) is 42.0 Å². The van der Waals surface area contributed by atoms with Crippen LogP contribution in [0.5, 0.6) is 0 Å². The Balaban J connectivity index is 3.07. The Morgan fingerprint density at radius 1 is 1.36 bits per heavy atom. The zero-order chi connectivity index (χ0) is 19.2. The third-order valence-corrected chi connectivity index (χ3v) is 3.04. The van der Waals surface area contributed by atoms with Gasteiger partial charge in [-0.2, -0.15) is 0 Å². The van der Waals surface area contributed by atoms with E-state index in [4.69, 9.17) is 4.74 Å². The number of hydrogen-bond acceptors (Lipinski definition) is 7. The Kier molecular flexibility index (Phi) is 6.60. The van der Waals surface area contributed by atoms with Gasteiger partial charge in [-0.15, -0.1) is 0 Å². The lowest BCUT2D eigenvalue weighted by molar-refractivity contribution is -0.385. The monoisotopic (exact) mass is 352 g/mol. The van der Waals surface area contributed by atoms with E-state index in [-0.39, 0.29) is 23.2 Å². The lowest BCUT2D eigenvalue weighted by atomic mass is 10.0. The summed E-state index contributed by atoms with van der Waals surface area (Å²) in [5.74, 6) is -0.778. The number of nitrogens with zero attached hydrogens (tertiary/aromatic N) is 1. The number of amides is 1. The van der Waals surface area contributed by atoms with E-state index in [1.54, 1.807) is 20.8 Å². The van der Waals surface area contributed by atoms with Crippen LogP contribution >= 0.6 is 0 Å². The second-order valence-electron chi connectivity index (χ2n) is 6.19. The molecule has 136 valence electrons. The van der Waals surface area contributed by atoms with Gasteiger partial charge < -0.3 is 14.8 Å². The molecule has 1 rings (SSSR count). The van der Waals surface area contributed by atoms with Crippen molar-refractivity contribution in [1.29, 1.82) is 0 Å². The summed E-state index contributed by atoms with van der Waals surface area (Å²) in [6, 6.07) is 2.66. The first-order chi connectivity index (χ1) is 11.6. The average Bonchev–Trinajstić information content (AvgIpc) is 2.51. The lowest BCUT2D eigenvalue weighted by Gasteiger charge is -2.22. The predicted octanol–water partition coefficient (Wildman–Crippen LogP) is 2.02. The molecule has 0 radical (unpaired) electrons. The third kappa shape index (κ3) is 6.21. The minimum Gasteiger partial charge on any atom is -0.467 e. The van der Waals surface area contributed by atoms with Crippen molar-refractivity contribution in [2.24, 2.45) is 0 Å². The highest BCUT2D eigenvalue weighted by Crippen LogP contribution is 2.22. The zero-order valence-corrected chi connectivity index (χ0v) is 14.4. The van der Waals surface area contributed by atoms with E-state index in [9.17, 15) is 24.5 Å². The molecule has 0 saturated heterocycles. The standard InChI is InChI=1S/C16H20N2O7/c1-16(2,3)25-15(21)17-12(14(20)24-4)8-11-6-5-10(9-19)7-13(11)18(22)23/h5-7,9,12H,8H2,1-4H3,(H,17,21)/t12-/m0/s1. The van der Waals surface area contributed by atoms with Crippen LogP contribution in [-0.2, 0) is 20.7 Å². The summed E-state index contributed by atoms with van der Waals surface area (Å²) in [6.45, 7) is 4.97. The molecule has 1 atom stereocenters. The normalized spacial score (nSPS) is 12.0. The fourth-order valence-electron chi connectivity index (χ4n) is 2.00. The molecule has 0 aromatic heterocycles. The Morgan fingerprint density at radius 2 is 2.00 bits per heavy atom. The minimum absolute atomic E-state index is 0.130. The molecule has 1 aromatic carbocycles. The molecule has 0 fully saturated rings. The quantitative estimate of drug-likeness (QED) is 0.359. The number of benzene rings is 1. The molecule has 1 amide bonds. The van der Waals surface area contributed by atoms with Crippen LogP contribution in [0.2, 0.25) is 0 Å². The maximum absolute atomic E-state index is 11.9. The second kappa shape index (κ2) is 8.22. The molecule has 0 heterocycles. The van der Waals surface area contributed by atoms with E-state index in [2.05, 4.69) is 10.1 Å². The Bertz CT molecular complexity index is 680. The molecule has 0 aliphatic heterocycles. The van der Waals surface area contributed by atoms with Gasteiger partial charge >= 0.3 is 12.1 Å². The van der Waals surface area contributed by atoms with Crippen molar-refractivity contribution in [1.82, 2.24) is 5.32 Å². The molecule has 0 bridgehead atoms. The summed E-state index contributed by atoms with van der Waals surface area (Å²) < 4.78 is 9.70. The van der Waals surface area contributed by atoms with Gasteiger partial charge in [0.25, 0.3) is 5.69 Å². The van der Waals surface area contributed by atoms with E-state index in [0.717, 1.165) is 13.2 Å². The molecule has 0 spiro atoms. The van der Waals surface area contributed by atoms with E-state index in [1.165, 1.54) is 12.1 Å². The number of nitrogens with one attached hydrogen (secondary N) is 1. The average molecular weight is 352 g/mol. The van der Waals surface area contributed by atoms with Crippen LogP contribution < -0.4 is 5.32 Å². The van der Waals surface area contributed by atoms with E-state index >= 15 is 0 Å². The molecule has 1 aromatic rings. The van der Waals surface area contributed by atoms with Gasteiger partial charge in [0.2, 0.25) is 0 Å². The summed E-state index contributed by atoms with van der Waals surface area (Å²) in [7, 11) is 1.13. The number of nitro groups is 1. The molecule has 0 aliphatic rings. The zero-order valence-electron chi connectivity index (χ0n) is 14.4. The number of carbonyl (C=O) groups is 3. The second-order valence-corrected chi connectivity index (χ2v) is 6.19. The largest absolute Gasteiger partial charge is 0.467 e. The van der Waals surface area contributed by atoms with Crippen LogP contribution in [0.1, 0.15) is 36.7 Å². The smallest absolute Gasteiger partial charge is 0.408 e. The number of aldehydes is 1. The van der Waals surface area contributed by atoms with Gasteiger partial charge in [0.1, 0.15) is 17.9 Å². The SMILES string of the molecule is COC(=O)[C@H](Cc1ccc(C=O)cc1[N+](=O)[O-])NC(=O)OC(C)(C)C. The molecule has 9 nitrogen and oxygen atoms in total. The molecule has 0 unspecified atom stereocenters. The Morgan fingerprint density at radius 3 is 2.48 bits per heavy atom. The first-order valence-electron chi connectivity index (χ1n) is 7.37. The van der Waals surface area contributed by atoms with Crippen LogP contribution in [0.25, 0.3) is 0 Å². The maximum atomic E-state index is 11.9. The molecule has 1 N–H and O–H groups in total. The number of carbonyl (C=O) groups excluding carboxylic acids is 3. The van der Waals surface area contributed by atoms with Crippen molar-refractivity contribution in [2.45, 2.75) is 38.8 Å². The third-order valence-electron chi connectivity index (χ3n) is 3.04. The first kappa shape index (κ1) is 20.1. The van der Waals surface area contributed by atoms with Gasteiger partial charge in [-0.1, -0.05) is 12.1 Å². The summed E-state index contributed by atoms with van der Waals surface area (Å²) in [4.78, 5) is 45.1. The van der Waals surface area contributed by atoms with Crippen LogP contribution in [0.3, 0.4) is 0 Å². The first-order valence-corrected chi connectivity index (χ1v) is 7.37. The maximum Gasteiger partial charge on any atom is 0.408 e. The lowest BCUT2D eigenvalue weighted by Crippen LogP contribution is -2.45. The Labute approximate surface area is 144 Å². The predicted molar refractivity (Wildman–Crippen MR) is 87.4 cm³/mol. The van der Waals surface area contributed by atoms with Gasteiger partial charge in [0.05, 0.1) is 12.0 Å². The highest BCUT2D eigenvalue weighted by molar-refractivity contribution is 5.82. The van der Waals surface area contributed by atoms with Crippen LogP contribution in [0.4, 0.5) is 10.5 Å². The number of esters is 1. The van der Waals surface area contributed by atoms with E-state index in [0.29, 0.717) is 6.29 Å². The van der Waals surface area contributed by atoms with Crippen LogP contribution in [0, 0.1) is 10.1 Å². The van der Waals surface area contributed by atoms with Crippen molar-refractivity contribution < 1.29 is 28.8 Å². The van der Waals surface area contributed by atoms with Crippen molar-refractivity contribution in [3.05, 3.63) is 39.4 Å². The molecule has 25 heavy (non-hydrogen) atoms. The molecule has 0 aliphatic carbocycles. The molecule has 0 saturated carbocycles. The number of hydrogen-bond donors (Lipinski definition) is 1. The number of ether oxygens (including phenoxy) is 2. The van der Waals surface area contributed by atoms with Gasteiger partial charge in [-0.25, -0.2) is 9.59 Å². The van der Waals surface area contributed by atoms with Gasteiger partial charge in [-0.3, -0.25) is 14.9 Å². The van der Waals surface area contributed by atoms with E-state index < -0.39 is 28.6 Å². The summed E-state index contributed by atoms with van der Waals surface area (Å²) in [6.07, 6.45) is -0.565. The summed E-state index contributed by atoms with van der Waals surface area (Å²) in [5, 5.41) is 13.5. The fraction of sp³-hybridized carbons (Fsp3) is 0.438. The number of rotatable bonds is 6. The number of nitro benzene ring substituents is 1. The van der Waals surface area contributed by atoms with Gasteiger partial charge in [-0.05, 0) is 20.8 Å². The highest BCUT2D eigenvalue weighted by atomic mass is 16.6. The topological polar surface area (TPSA) is 125 Å².